The fraction of sp³-hybridized carbons (Fsp3) is 0.0192. The third-order valence-electron chi connectivity index (χ3n) is 11.5. The van der Waals surface area contributed by atoms with Gasteiger partial charge in [0, 0.05) is 38.4 Å². The lowest BCUT2D eigenvalue weighted by Gasteiger charge is -2.16. The van der Waals surface area contributed by atoms with E-state index < -0.39 is 0 Å². The minimum absolute atomic E-state index is 0.355. The number of fused-ring (bicyclic) bond motifs is 11. The van der Waals surface area contributed by atoms with Crippen molar-refractivity contribution in [1.29, 1.82) is 0 Å². The van der Waals surface area contributed by atoms with Crippen LogP contribution in [0.25, 0.3) is 110 Å². The second kappa shape index (κ2) is 12.4. The molecular formula is C52H31N5. The number of aromatic nitrogens is 3. The molecule has 0 radical (unpaired) electrons. The van der Waals surface area contributed by atoms with E-state index >= 15 is 0 Å². The van der Waals surface area contributed by atoms with Gasteiger partial charge in [0.15, 0.2) is 5.82 Å². The summed E-state index contributed by atoms with van der Waals surface area (Å²) in [5.74, 6) is 0.658. The molecule has 9 aromatic carbocycles. The van der Waals surface area contributed by atoms with Crippen LogP contribution < -0.4 is 10.7 Å². The maximum atomic E-state index is 5.51. The van der Waals surface area contributed by atoms with E-state index in [0.29, 0.717) is 12.5 Å². The average molecular weight is 726 g/mol. The Balaban J connectivity index is 1.22. The van der Waals surface area contributed by atoms with Crippen molar-refractivity contribution in [1.82, 2.24) is 15.0 Å². The molecule has 0 atom stereocenters. The Kier molecular flexibility index (Phi) is 6.92. The van der Waals surface area contributed by atoms with Crippen LogP contribution in [-0.2, 0) is 0 Å². The summed E-state index contributed by atoms with van der Waals surface area (Å²) in [5, 5.41) is 14.2. The number of nitrogens with zero attached hydrogens (tertiary/aromatic N) is 5. The number of benzene rings is 9. The molecule has 0 saturated carbocycles. The highest BCUT2D eigenvalue weighted by molar-refractivity contribution is 6.16. The van der Waals surface area contributed by atoms with Crippen molar-refractivity contribution in [2.45, 2.75) is 0 Å². The van der Waals surface area contributed by atoms with E-state index in [0.717, 1.165) is 93.3 Å². The molecule has 0 N–H and O–H groups in total. The second-order valence-electron chi connectivity index (χ2n) is 14.7. The molecule has 0 spiro atoms. The predicted molar refractivity (Wildman–Crippen MR) is 234 cm³/mol. The SMILES string of the molecule is c1ccc(-c2nc3ccccc3c3c4c(c(-c5cc(-c6cc7ccccc7c7ccccc67)nc(-c6cc7ccccc7c7ccccc67)n5)cc23)=NCN=4)cc1. The van der Waals surface area contributed by atoms with Gasteiger partial charge in [0.05, 0.1) is 33.3 Å². The van der Waals surface area contributed by atoms with Gasteiger partial charge in [0.1, 0.15) is 6.67 Å². The molecule has 0 bridgehead atoms. The fourth-order valence-electron chi connectivity index (χ4n) is 8.93. The van der Waals surface area contributed by atoms with Gasteiger partial charge < -0.3 is 0 Å². The molecule has 3 heterocycles. The molecule has 0 fully saturated rings. The average Bonchev–Trinajstić information content (AvgIpc) is 3.78. The first-order chi connectivity index (χ1) is 28.3. The van der Waals surface area contributed by atoms with Gasteiger partial charge in [0.2, 0.25) is 0 Å². The monoisotopic (exact) mass is 725 g/mol. The first kappa shape index (κ1) is 31.7. The molecule has 0 unspecified atom stereocenters. The third kappa shape index (κ3) is 4.92. The van der Waals surface area contributed by atoms with Crippen molar-refractivity contribution >= 4 is 64.8 Å². The Morgan fingerprint density at radius 1 is 0.351 bits per heavy atom. The lowest BCUT2D eigenvalue weighted by molar-refractivity contribution is 1.06. The van der Waals surface area contributed by atoms with Crippen molar-refractivity contribution in [2.75, 3.05) is 6.67 Å². The Bertz CT molecular complexity index is 3480. The maximum absolute atomic E-state index is 5.51. The van der Waals surface area contributed by atoms with E-state index in [1.807, 2.05) is 12.1 Å². The van der Waals surface area contributed by atoms with Crippen LogP contribution in [0.15, 0.2) is 186 Å². The van der Waals surface area contributed by atoms with Crippen molar-refractivity contribution < 1.29 is 0 Å². The lowest BCUT2D eigenvalue weighted by Crippen LogP contribution is -2.26. The van der Waals surface area contributed by atoms with Gasteiger partial charge in [-0.05, 0) is 73.4 Å². The zero-order valence-electron chi connectivity index (χ0n) is 30.7. The van der Waals surface area contributed by atoms with Crippen LogP contribution in [-0.4, -0.2) is 21.6 Å². The summed E-state index contributed by atoms with van der Waals surface area (Å²) in [4.78, 5) is 26.4. The zero-order valence-corrected chi connectivity index (χ0v) is 30.7. The van der Waals surface area contributed by atoms with Crippen molar-refractivity contribution in [2.24, 2.45) is 9.98 Å². The van der Waals surface area contributed by atoms with Gasteiger partial charge in [-0.25, -0.2) is 15.0 Å². The van der Waals surface area contributed by atoms with Gasteiger partial charge in [-0.15, -0.1) is 0 Å². The van der Waals surface area contributed by atoms with Crippen LogP contribution >= 0.6 is 0 Å². The van der Waals surface area contributed by atoms with Crippen LogP contribution in [0, 0.1) is 0 Å². The van der Waals surface area contributed by atoms with Crippen LogP contribution in [0.5, 0.6) is 0 Å². The summed E-state index contributed by atoms with van der Waals surface area (Å²) in [6.45, 7) is 0.355. The number of hydrogen-bond acceptors (Lipinski definition) is 5. The minimum atomic E-state index is 0.355. The smallest absolute Gasteiger partial charge is 0.161 e. The van der Waals surface area contributed by atoms with E-state index in [2.05, 4.69) is 164 Å². The molecule has 12 rings (SSSR count). The number of hydrogen-bond donors (Lipinski definition) is 0. The third-order valence-corrected chi connectivity index (χ3v) is 11.5. The predicted octanol–water partition coefficient (Wildman–Crippen LogP) is 11.7. The van der Waals surface area contributed by atoms with E-state index in [4.69, 9.17) is 24.9 Å². The highest BCUT2D eigenvalue weighted by Crippen LogP contribution is 2.39. The molecular weight excluding hydrogens is 695 g/mol. The molecule has 11 aromatic rings. The molecule has 0 saturated heterocycles. The molecule has 57 heavy (non-hydrogen) atoms. The molecule has 1 aliphatic rings. The normalized spacial score (nSPS) is 12.4. The molecule has 2 aromatic heterocycles. The van der Waals surface area contributed by atoms with Crippen molar-refractivity contribution in [3.63, 3.8) is 0 Å². The van der Waals surface area contributed by atoms with Gasteiger partial charge in [-0.3, -0.25) is 9.98 Å². The van der Waals surface area contributed by atoms with Crippen LogP contribution in [0.4, 0.5) is 0 Å². The summed E-state index contributed by atoms with van der Waals surface area (Å²) in [6.07, 6.45) is 0. The molecule has 264 valence electrons. The second-order valence-corrected chi connectivity index (χ2v) is 14.7. The molecule has 5 heteroatoms. The summed E-state index contributed by atoms with van der Waals surface area (Å²) in [6, 6.07) is 62.1. The minimum Gasteiger partial charge on any atom is -0.259 e. The largest absolute Gasteiger partial charge is 0.259 e. The molecule has 0 amide bonds. The van der Waals surface area contributed by atoms with Gasteiger partial charge in [0.25, 0.3) is 0 Å². The standard InChI is InChI=1S/C52H31N5/c1-2-14-31(15-3-1)49-44-28-43(50-51(54-30-53-50)48(44)40-24-12-13-25-45(40)55-49)47-29-46(41-26-32-16-4-6-18-34(32)36-20-8-10-22-38(36)41)56-52(57-47)42-27-33-17-5-7-19-35(33)37-21-9-11-23-39(37)42/h1-29H,30H2. The summed E-state index contributed by atoms with van der Waals surface area (Å²) in [5.41, 5.74) is 7.46. The maximum Gasteiger partial charge on any atom is 0.161 e. The molecule has 1 aliphatic heterocycles. The Morgan fingerprint density at radius 3 is 1.58 bits per heavy atom. The first-order valence-electron chi connectivity index (χ1n) is 19.3. The first-order valence-corrected chi connectivity index (χ1v) is 19.3. The topological polar surface area (TPSA) is 63.4 Å². The Morgan fingerprint density at radius 2 is 0.877 bits per heavy atom. The Labute approximate surface area is 327 Å². The quantitative estimate of drug-likeness (QED) is 0.170. The lowest BCUT2D eigenvalue weighted by atomic mass is 9.93. The fourth-order valence-corrected chi connectivity index (χ4v) is 8.93. The van der Waals surface area contributed by atoms with Crippen LogP contribution in [0.3, 0.4) is 0 Å². The highest BCUT2D eigenvalue weighted by Gasteiger charge is 2.22. The summed E-state index contributed by atoms with van der Waals surface area (Å²) >= 11 is 0. The van der Waals surface area contributed by atoms with Gasteiger partial charge >= 0.3 is 0 Å². The number of rotatable bonds is 4. The molecule has 5 nitrogen and oxygen atoms in total. The van der Waals surface area contributed by atoms with E-state index in [1.54, 1.807) is 0 Å². The van der Waals surface area contributed by atoms with Gasteiger partial charge in [-0.1, -0.05) is 146 Å². The van der Waals surface area contributed by atoms with E-state index in [9.17, 15) is 0 Å². The van der Waals surface area contributed by atoms with Crippen molar-refractivity contribution in [3.05, 3.63) is 187 Å². The van der Waals surface area contributed by atoms with Crippen LogP contribution in [0.1, 0.15) is 0 Å². The summed E-state index contributed by atoms with van der Waals surface area (Å²) < 4.78 is 0. The molecule has 0 aliphatic carbocycles. The number of pyridine rings is 1. The highest BCUT2D eigenvalue weighted by atomic mass is 15.0. The van der Waals surface area contributed by atoms with E-state index in [1.165, 1.54) is 21.5 Å². The van der Waals surface area contributed by atoms with Gasteiger partial charge in [-0.2, -0.15) is 0 Å². The zero-order chi connectivity index (χ0) is 37.5. The van der Waals surface area contributed by atoms with Crippen molar-refractivity contribution in [3.8, 4) is 45.2 Å². The van der Waals surface area contributed by atoms with E-state index in [-0.39, 0.29) is 0 Å². The number of para-hydroxylation sites is 1. The Hall–Kier alpha value is -7.63. The summed E-state index contributed by atoms with van der Waals surface area (Å²) in [7, 11) is 0. The van der Waals surface area contributed by atoms with Crippen LogP contribution in [0.2, 0.25) is 0 Å².